The number of hydrogen-bond acceptors (Lipinski definition) is 2. The molecule has 0 heterocycles. The Hall–Kier alpha value is -0.290. The predicted molar refractivity (Wildman–Crippen MR) is 58.5 cm³/mol. The molecule has 2 nitrogen and oxygen atoms in total. The first kappa shape index (κ1) is 15.7. The summed E-state index contributed by atoms with van der Waals surface area (Å²) in [4.78, 5) is 0. The Morgan fingerprint density at radius 1 is 1.19 bits per heavy atom. The summed E-state index contributed by atoms with van der Waals surface area (Å²) in [6, 6.07) is 0. The van der Waals surface area contributed by atoms with Crippen molar-refractivity contribution >= 4 is 0 Å². The summed E-state index contributed by atoms with van der Waals surface area (Å²) in [5.74, 6) is 0. The van der Waals surface area contributed by atoms with Gasteiger partial charge in [0.1, 0.15) is 0 Å². The highest BCUT2D eigenvalue weighted by molar-refractivity contribution is 4.71. The van der Waals surface area contributed by atoms with Crippen molar-refractivity contribution in [2.75, 3.05) is 19.7 Å². The minimum atomic E-state index is -4.08. The summed E-state index contributed by atoms with van der Waals surface area (Å²) >= 11 is 0. The van der Waals surface area contributed by atoms with Crippen molar-refractivity contribution in [2.45, 2.75) is 51.8 Å². The van der Waals surface area contributed by atoms with Crippen LogP contribution in [0.15, 0.2) is 0 Å². The van der Waals surface area contributed by atoms with Gasteiger partial charge in [-0.1, -0.05) is 6.92 Å². The molecule has 16 heavy (non-hydrogen) atoms. The van der Waals surface area contributed by atoms with Gasteiger partial charge >= 0.3 is 6.18 Å². The van der Waals surface area contributed by atoms with Crippen molar-refractivity contribution in [3.63, 3.8) is 0 Å². The molecule has 0 spiro atoms. The molecule has 0 aliphatic carbocycles. The Balaban J connectivity index is 3.57. The molecule has 0 fully saturated rings. The number of alkyl halides is 3. The number of rotatable bonds is 8. The highest BCUT2D eigenvalue weighted by atomic mass is 19.4. The lowest BCUT2D eigenvalue weighted by Crippen LogP contribution is -2.38. The van der Waals surface area contributed by atoms with Gasteiger partial charge in [-0.3, -0.25) is 0 Å². The summed E-state index contributed by atoms with van der Waals surface area (Å²) < 4.78 is 41.0. The third-order valence-corrected chi connectivity index (χ3v) is 2.07. The van der Waals surface area contributed by atoms with Crippen LogP contribution in [0.5, 0.6) is 0 Å². The maximum absolute atomic E-state index is 11.9. The quantitative estimate of drug-likeness (QED) is 0.659. The average molecular weight is 241 g/mol. The number of halogens is 3. The van der Waals surface area contributed by atoms with E-state index in [1.165, 1.54) is 0 Å². The zero-order valence-corrected chi connectivity index (χ0v) is 10.3. The lowest BCUT2D eigenvalue weighted by Gasteiger charge is -2.26. The molecule has 0 aromatic rings. The van der Waals surface area contributed by atoms with Gasteiger partial charge in [-0.05, 0) is 33.2 Å². The summed E-state index contributed by atoms with van der Waals surface area (Å²) in [5.41, 5.74) is -0.402. The molecule has 0 atom stereocenters. The van der Waals surface area contributed by atoms with Crippen LogP contribution in [0.25, 0.3) is 0 Å². The van der Waals surface area contributed by atoms with E-state index < -0.39 is 18.2 Å². The van der Waals surface area contributed by atoms with Crippen LogP contribution in [0.4, 0.5) is 13.2 Å². The van der Waals surface area contributed by atoms with Crippen LogP contribution < -0.4 is 5.32 Å². The molecule has 0 amide bonds. The van der Waals surface area contributed by atoms with Crippen LogP contribution in [-0.2, 0) is 4.74 Å². The minimum absolute atomic E-state index is 0.0285. The molecule has 0 saturated carbocycles. The van der Waals surface area contributed by atoms with E-state index in [2.05, 4.69) is 12.2 Å². The van der Waals surface area contributed by atoms with Gasteiger partial charge in [-0.2, -0.15) is 13.2 Å². The molecule has 98 valence electrons. The van der Waals surface area contributed by atoms with E-state index in [0.717, 1.165) is 13.0 Å². The first-order valence-corrected chi connectivity index (χ1v) is 5.68. The lowest BCUT2D eigenvalue weighted by molar-refractivity contribution is -0.140. The maximum atomic E-state index is 11.9. The fourth-order valence-corrected chi connectivity index (χ4v) is 1.24. The molecular formula is C11H22F3NO. The van der Waals surface area contributed by atoms with Crippen LogP contribution in [0, 0.1) is 0 Å². The fourth-order valence-electron chi connectivity index (χ4n) is 1.24. The monoisotopic (exact) mass is 241 g/mol. The molecule has 0 bridgehead atoms. The Labute approximate surface area is 95.5 Å². The normalized spacial score (nSPS) is 13.1. The molecule has 5 heteroatoms. The first-order valence-electron chi connectivity index (χ1n) is 5.68. The molecule has 0 unspecified atom stereocenters. The highest BCUT2D eigenvalue weighted by Crippen LogP contribution is 2.21. The second kappa shape index (κ2) is 7.12. The maximum Gasteiger partial charge on any atom is 0.389 e. The Bertz CT molecular complexity index is 181. The van der Waals surface area contributed by atoms with E-state index in [9.17, 15) is 13.2 Å². The molecule has 0 aromatic heterocycles. The summed E-state index contributed by atoms with van der Waals surface area (Å²) in [7, 11) is 0. The van der Waals surface area contributed by atoms with Crippen molar-refractivity contribution in [2.24, 2.45) is 0 Å². The molecule has 0 aliphatic rings. The van der Waals surface area contributed by atoms with E-state index in [4.69, 9.17) is 4.74 Å². The average Bonchev–Trinajstić information content (AvgIpc) is 2.11. The second-order valence-corrected chi connectivity index (χ2v) is 4.50. The van der Waals surface area contributed by atoms with E-state index in [0.29, 0.717) is 6.54 Å². The third kappa shape index (κ3) is 10.2. The molecule has 0 radical (unpaired) electrons. The van der Waals surface area contributed by atoms with Crippen molar-refractivity contribution in [1.29, 1.82) is 0 Å². The van der Waals surface area contributed by atoms with Crippen LogP contribution >= 0.6 is 0 Å². The van der Waals surface area contributed by atoms with Gasteiger partial charge in [0.05, 0.1) is 5.60 Å². The predicted octanol–water partition coefficient (Wildman–Crippen LogP) is 3.12. The van der Waals surface area contributed by atoms with Gasteiger partial charge in [-0.15, -0.1) is 0 Å². The number of hydrogen-bond donors (Lipinski definition) is 1. The van der Waals surface area contributed by atoms with Crippen molar-refractivity contribution in [3.8, 4) is 0 Å². The standard InChI is InChI=1S/C11H22F3NO/c1-4-7-15-9-10(2,3)16-8-5-6-11(12,13)14/h15H,4-9H2,1-3H3. The molecule has 0 saturated heterocycles. The second-order valence-electron chi connectivity index (χ2n) is 4.50. The smallest absolute Gasteiger partial charge is 0.374 e. The topological polar surface area (TPSA) is 21.3 Å². The summed E-state index contributed by atoms with van der Waals surface area (Å²) in [6.45, 7) is 7.53. The van der Waals surface area contributed by atoms with E-state index in [1.54, 1.807) is 0 Å². The van der Waals surface area contributed by atoms with Gasteiger partial charge in [0.25, 0.3) is 0 Å². The van der Waals surface area contributed by atoms with Crippen LogP contribution in [-0.4, -0.2) is 31.5 Å². The van der Waals surface area contributed by atoms with E-state index in [-0.39, 0.29) is 13.0 Å². The van der Waals surface area contributed by atoms with Crippen LogP contribution in [0.3, 0.4) is 0 Å². The molecule has 1 N–H and O–H groups in total. The highest BCUT2D eigenvalue weighted by Gasteiger charge is 2.26. The van der Waals surface area contributed by atoms with Crippen molar-refractivity contribution < 1.29 is 17.9 Å². The van der Waals surface area contributed by atoms with Crippen molar-refractivity contribution in [1.82, 2.24) is 5.32 Å². The third-order valence-electron chi connectivity index (χ3n) is 2.07. The Morgan fingerprint density at radius 2 is 1.81 bits per heavy atom. The van der Waals surface area contributed by atoms with Crippen LogP contribution in [0.2, 0.25) is 0 Å². The van der Waals surface area contributed by atoms with E-state index in [1.807, 2.05) is 13.8 Å². The fraction of sp³-hybridized carbons (Fsp3) is 1.00. The first-order chi connectivity index (χ1) is 7.27. The van der Waals surface area contributed by atoms with Gasteiger partial charge in [0.15, 0.2) is 0 Å². The minimum Gasteiger partial charge on any atom is -0.374 e. The molecule has 0 rings (SSSR count). The number of ether oxygens (including phenoxy) is 1. The van der Waals surface area contributed by atoms with Gasteiger partial charge in [0, 0.05) is 19.6 Å². The summed E-state index contributed by atoms with van der Waals surface area (Å²) in [6.07, 6.45) is -3.79. The van der Waals surface area contributed by atoms with E-state index >= 15 is 0 Å². The lowest BCUT2D eigenvalue weighted by atomic mass is 10.1. The van der Waals surface area contributed by atoms with Gasteiger partial charge in [-0.25, -0.2) is 0 Å². The molecule has 0 aliphatic heterocycles. The van der Waals surface area contributed by atoms with Crippen LogP contribution in [0.1, 0.15) is 40.0 Å². The largest absolute Gasteiger partial charge is 0.389 e. The summed E-state index contributed by atoms with van der Waals surface area (Å²) in [5, 5.41) is 3.19. The molecule has 0 aromatic carbocycles. The zero-order chi connectivity index (χ0) is 12.7. The van der Waals surface area contributed by atoms with Gasteiger partial charge in [0.2, 0.25) is 0 Å². The number of nitrogens with one attached hydrogen (secondary N) is 1. The van der Waals surface area contributed by atoms with Gasteiger partial charge < -0.3 is 10.1 Å². The van der Waals surface area contributed by atoms with Crippen molar-refractivity contribution in [3.05, 3.63) is 0 Å². The SMILES string of the molecule is CCCNCC(C)(C)OCCCC(F)(F)F. The Kier molecular flexibility index (Phi) is 6.99. The molecular weight excluding hydrogens is 219 g/mol. The Morgan fingerprint density at radius 3 is 2.31 bits per heavy atom. The zero-order valence-electron chi connectivity index (χ0n) is 10.3.